The number of imide groups is 1. The fraction of sp³-hybridized carbons (Fsp3) is 0.487. The van der Waals surface area contributed by atoms with Crippen molar-refractivity contribution in [2.24, 2.45) is 18.9 Å². The number of nitrogens with zero attached hydrogens (tertiary/aromatic N) is 3. The predicted molar refractivity (Wildman–Crippen MR) is 197 cm³/mol. The zero-order valence-corrected chi connectivity index (χ0v) is 30.3. The smallest absolute Gasteiger partial charge is 0.253 e. The van der Waals surface area contributed by atoms with E-state index in [4.69, 9.17) is 16.3 Å². The molecule has 2 aromatic carbocycles. The van der Waals surface area contributed by atoms with Crippen LogP contribution in [-0.4, -0.2) is 72.9 Å². The van der Waals surface area contributed by atoms with E-state index in [0.717, 1.165) is 103 Å². The second-order valence-electron chi connectivity index (χ2n) is 14.2. The lowest BCUT2D eigenvalue weighted by Gasteiger charge is -2.35. The number of likely N-dealkylation sites (tertiary alicyclic amines) is 1. The van der Waals surface area contributed by atoms with Gasteiger partial charge >= 0.3 is 0 Å². The van der Waals surface area contributed by atoms with Gasteiger partial charge in [-0.3, -0.25) is 29.4 Å². The second kappa shape index (κ2) is 15.4. The summed E-state index contributed by atoms with van der Waals surface area (Å²) in [5.74, 6) is 1.15. The SMILES string of the molecule is COc1cc(-c2cn(C)c(=O)c(C)c2C)cc(Cl)c1CC1CCN(CC(=O)C2CCN(c3ccc(NC4CCC(=O)NC4=O)cc3)CC2)CC1. The number of aryl methyl sites for hydroxylation is 1. The summed E-state index contributed by atoms with van der Waals surface area (Å²) in [7, 11) is 3.44. The number of methoxy groups -OCH3 is 1. The van der Waals surface area contributed by atoms with Crippen molar-refractivity contribution in [3.63, 3.8) is 0 Å². The van der Waals surface area contributed by atoms with Crippen molar-refractivity contribution >= 4 is 40.6 Å². The minimum Gasteiger partial charge on any atom is -0.496 e. The topological polar surface area (TPSA) is 113 Å². The van der Waals surface area contributed by atoms with Crippen molar-refractivity contribution in [1.82, 2.24) is 14.8 Å². The highest BCUT2D eigenvalue weighted by Crippen LogP contribution is 2.37. The molecule has 1 aromatic heterocycles. The molecular weight excluding hydrogens is 654 g/mol. The first-order chi connectivity index (χ1) is 24.0. The molecule has 50 heavy (non-hydrogen) atoms. The van der Waals surface area contributed by atoms with Gasteiger partial charge in [-0.1, -0.05) is 11.6 Å². The van der Waals surface area contributed by atoms with Gasteiger partial charge < -0.3 is 19.5 Å². The number of hydrogen-bond donors (Lipinski definition) is 2. The van der Waals surface area contributed by atoms with Crippen LogP contribution in [0, 0.1) is 25.7 Å². The van der Waals surface area contributed by atoms with Gasteiger partial charge in [0.2, 0.25) is 11.8 Å². The van der Waals surface area contributed by atoms with Crippen LogP contribution in [-0.2, 0) is 27.9 Å². The van der Waals surface area contributed by atoms with Crippen LogP contribution in [0.25, 0.3) is 11.1 Å². The van der Waals surface area contributed by atoms with E-state index in [1.807, 2.05) is 56.4 Å². The number of amides is 2. The van der Waals surface area contributed by atoms with E-state index in [2.05, 4.69) is 20.4 Å². The number of anilines is 2. The van der Waals surface area contributed by atoms with Crippen LogP contribution in [0.1, 0.15) is 55.2 Å². The lowest BCUT2D eigenvalue weighted by atomic mass is 9.87. The molecular formula is C39H48ClN5O5. The first-order valence-corrected chi connectivity index (χ1v) is 18.1. The molecule has 0 bridgehead atoms. The molecule has 2 amide bonds. The van der Waals surface area contributed by atoms with Gasteiger partial charge in [-0.25, -0.2) is 0 Å². The van der Waals surface area contributed by atoms with Gasteiger partial charge in [0.05, 0.1) is 13.7 Å². The number of ether oxygens (including phenoxy) is 1. The highest BCUT2D eigenvalue weighted by Gasteiger charge is 2.30. The largest absolute Gasteiger partial charge is 0.496 e. The van der Waals surface area contributed by atoms with Crippen LogP contribution in [0.5, 0.6) is 5.75 Å². The molecule has 3 aliphatic heterocycles. The number of hydrogen-bond acceptors (Lipinski definition) is 8. The fourth-order valence-corrected chi connectivity index (χ4v) is 7.95. The molecule has 3 aliphatic rings. The third kappa shape index (κ3) is 7.92. The van der Waals surface area contributed by atoms with Gasteiger partial charge in [-0.2, -0.15) is 0 Å². The van der Waals surface area contributed by atoms with Crippen LogP contribution < -0.4 is 25.8 Å². The fourth-order valence-electron chi connectivity index (χ4n) is 7.66. The summed E-state index contributed by atoms with van der Waals surface area (Å²) in [5, 5.41) is 6.28. The minimum atomic E-state index is -0.403. The van der Waals surface area contributed by atoms with E-state index < -0.39 is 6.04 Å². The van der Waals surface area contributed by atoms with E-state index in [0.29, 0.717) is 36.1 Å². The molecule has 0 aliphatic carbocycles. The van der Waals surface area contributed by atoms with Crippen LogP contribution >= 0.6 is 11.6 Å². The molecule has 3 fully saturated rings. The molecule has 10 nitrogen and oxygen atoms in total. The van der Waals surface area contributed by atoms with Crippen LogP contribution in [0.15, 0.2) is 47.4 Å². The molecule has 0 saturated carbocycles. The maximum absolute atomic E-state index is 13.3. The van der Waals surface area contributed by atoms with Gasteiger partial charge in [0.15, 0.2) is 0 Å². The van der Waals surface area contributed by atoms with Crippen LogP contribution in [0.2, 0.25) is 5.02 Å². The molecule has 4 heterocycles. The van der Waals surface area contributed by atoms with Crippen LogP contribution in [0.4, 0.5) is 11.4 Å². The van der Waals surface area contributed by atoms with Crippen LogP contribution in [0.3, 0.4) is 0 Å². The van der Waals surface area contributed by atoms with Gasteiger partial charge in [0.25, 0.3) is 5.56 Å². The number of pyridine rings is 1. The van der Waals surface area contributed by atoms with E-state index in [1.54, 1.807) is 18.7 Å². The quantitative estimate of drug-likeness (QED) is 0.275. The molecule has 0 radical (unpaired) electrons. The Morgan fingerprint density at radius 2 is 1.66 bits per heavy atom. The van der Waals surface area contributed by atoms with Gasteiger partial charge in [0.1, 0.15) is 17.6 Å². The number of aromatic nitrogens is 1. The molecule has 1 unspecified atom stereocenters. The maximum Gasteiger partial charge on any atom is 0.253 e. The monoisotopic (exact) mass is 701 g/mol. The summed E-state index contributed by atoms with van der Waals surface area (Å²) < 4.78 is 7.45. The Kier molecular flexibility index (Phi) is 11.0. The normalized spacial score (nSPS) is 19.4. The first-order valence-electron chi connectivity index (χ1n) is 17.7. The highest BCUT2D eigenvalue weighted by atomic mass is 35.5. The lowest BCUT2D eigenvalue weighted by Crippen LogP contribution is -2.47. The molecule has 266 valence electrons. The van der Waals surface area contributed by atoms with Gasteiger partial charge in [-0.15, -0.1) is 0 Å². The number of nitrogens with one attached hydrogen (secondary N) is 2. The number of carbonyl (C=O) groups excluding carboxylic acids is 3. The second-order valence-corrected chi connectivity index (χ2v) is 14.6. The molecule has 6 rings (SSSR count). The summed E-state index contributed by atoms with van der Waals surface area (Å²) in [5.41, 5.74) is 6.54. The molecule has 1 atom stereocenters. The number of carbonyl (C=O) groups is 3. The van der Waals surface area contributed by atoms with Crippen molar-refractivity contribution in [3.05, 3.63) is 74.7 Å². The number of ketones is 1. The molecule has 0 spiro atoms. The van der Waals surface area contributed by atoms with E-state index in [1.165, 1.54) is 0 Å². The summed E-state index contributed by atoms with van der Waals surface area (Å²) >= 11 is 6.90. The van der Waals surface area contributed by atoms with Crippen molar-refractivity contribution in [3.8, 4) is 16.9 Å². The molecule has 11 heteroatoms. The Morgan fingerprint density at radius 1 is 0.960 bits per heavy atom. The summed E-state index contributed by atoms with van der Waals surface area (Å²) in [6.07, 6.45) is 7.21. The zero-order valence-electron chi connectivity index (χ0n) is 29.5. The number of Topliss-reactive ketones (excluding diaryl/α,β-unsaturated/α-hetero) is 1. The Hall–Kier alpha value is -4.15. The van der Waals surface area contributed by atoms with E-state index >= 15 is 0 Å². The Balaban J connectivity index is 0.968. The minimum absolute atomic E-state index is 0.00152. The van der Waals surface area contributed by atoms with E-state index in [9.17, 15) is 19.2 Å². The number of piperidine rings is 3. The third-order valence-electron chi connectivity index (χ3n) is 11.0. The number of rotatable bonds is 10. The molecule has 2 N–H and O–H groups in total. The van der Waals surface area contributed by atoms with Crippen molar-refractivity contribution in [2.45, 2.75) is 64.8 Å². The van der Waals surface area contributed by atoms with Gasteiger partial charge in [-0.05, 0) is 119 Å². The Labute approximate surface area is 299 Å². The summed E-state index contributed by atoms with van der Waals surface area (Å²) in [6, 6.07) is 11.7. The summed E-state index contributed by atoms with van der Waals surface area (Å²) in [4.78, 5) is 53.9. The Morgan fingerprint density at radius 3 is 2.32 bits per heavy atom. The highest BCUT2D eigenvalue weighted by molar-refractivity contribution is 6.32. The number of halogens is 1. The average Bonchev–Trinajstić information content (AvgIpc) is 3.12. The summed E-state index contributed by atoms with van der Waals surface area (Å²) in [6.45, 7) is 7.78. The number of benzene rings is 2. The van der Waals surface area contributed by atoms with Crippen molar-refractivity contribution in [1.29, 1.82) is 0 Å². The first kappa shape index (κ1) is 35.7. The van der Waals surface area contributed by atoms with Crippen molar-refractivity contribution < 1.29 is 19.1 Å². The Bertz CT molecular complexity index is 1810. The standard InChI is InChI=1S/C39H48ClN5O5/c1-24-25(2)39(49)43(3)22-32(24)28-20-33(40)31(36(21-28)50-4)19-26-11-15-44(16-12-26)23-35(46)27-13-17-45(18-14-27)30-7-5-29(6-8-30)41-34-9-10-37(47)42-38(34)48/h5-8,20-22,26-27,34,41H,9-19,23H2,1-4H3,(H,42,47,48). The maximum atomic E-state index is 13.3. The predicted octanol–water partition coefficient (Wildman–Crippen LogP) is 5.29. The van der Waals surface area contributed by atoms with Gasteiger partial charge in [0, 0.05) is 71.8 Å². The zero-order chi connectivity index (χ0) is 35.5. The molecule has 3 saturated heterocycles. The van der Waals surface area contributed by atoms with Crippen molar-refractivity contribution in [2.75, 3.05) is 50.1 Å². The lowest BCUT2D eigenvalue weighted by molar-refractivity contribution is -0.133. The average molecular weight is 702 g/mol. The van der Waals surface area contributed by atoms with E-state index in [-0.39, 0.29) is 23.3 Å². The third-order valence-corrected chi connectivity index (χ3v) is 11.3. The molecule has 3 aromatic rings.